The molecule has 0 unspecified atom stereocenters. The standard InChI is InChI=1S/C12H8BrCl2NO/c13-9-4-10(6-16-5-9)17-7-8-2-1-3-11(14)12(8)15/h1-6H,7H2. The van der Waals surface area contributed by atoms with Crippen molar-refractivity contribution in [3.63, 3.8) is 0 Å². The summed E-state index contributed by atoms with van der Waals surface area (Å²) >= 11 is 15.3. The Morgan fingerprint density at radius 2 is 2.06 bits per heavy atom. The normalized spacial score (nSPS) is 10.3. The molecule has 2 nitrogen and oxygen atoms in total. The van der Waals surface area contributed by atoms with Gasteiger partial charge in [-0.3, -0.25) is 4.98 Å². The average molecular weight is 333 g/mol. The van der Waals surface area contributed by atoms with Crippen molar-refractivity contribution >= 4 is 39.1 Å². The van der Waals surface area contributed by atoms with Gasteiger partial charge in [0.1, 0.15) is 12.4 Å². The van der Waals surface area contributed by atoms with Gasteiger partial charge in [0.05, 0.1) is 16.2 Å². The number of ether oxygens (including phenoxy) is 1. The van der Waals surface area contributed by atoms with Gasteiger partial charge in [-0.2, -0.15) is 0 Å². The Bertz CT molecular complexity index is 534. The summed E-state index contributed by atoms with van der Waals surface area (Å²) in [4.78, 5) is 4.01. The van der Waals surface area contributed by atoms with Gasteiger partial charge < -0.3 is 4.74 Å². The molecule has 0 N–H and O–H groups in total. The monoisotopic (exact) mass is 331 g/mol. The summed E-state index contributed by atoms with van der Waals surface area (Å²) in [6.45, 7) is 0.359. The molecule has 0 aliphatic carbocycles. The van der Waals surface area contributed by atoms with E-state index in [0.717, 1.165) is 10.0 Å². The predicted molar refractivity (Wildman–Crippen MR) is 72.7 cm³/mol. The number of pyridine rings is 1. The molecule has 0 aliphatic heterocycles. The zero-order valence-corrected chi connectivity index (χ0v) is 11.8. The van der Waals surface area contributed by atoms with Crippen molar-refractivity contribution < 1.29 is 4.74 Å². The van der Waals surface area contributed by atoms with E-state index in [-0.39, 0.29) is 0 Å². The van der Waals surface area contributed by atoms with Crippen LogP contribution in [0.5, 0.6) is 5.75 Å². The van der Waals surface area contributed by atoms with Crippen LogP contribution in [0.3, 0.4) is 0 Å². The molecule has 1 aromatic carbocycles. The van der Waals surface area contributed by atoms with Gasteiger partial charge in [0.15, 0.2) is 0 Å². The van der Waals surface area contributed by atoms with Gasteiger partial charge >= 0.3 is 0 Å². The number of halogens is 3. The van der Waals surface area contributed by atoms with Crippen LogP contribution in [0, 0.1) is 0 Å². The number of benzene rings is 1. The smallest absolute Gasteiger partial charge is 0.139 e. The Morgan fingerprint density at radius 1 is 1.24 bits per heavy atom. The molecule has 88 valence electrons. The Morgan fingerprint density at radius 3 is 2.82 bits per heavy atom. The summed E-state index contributed by atoms with van der Waals surface area (Å²) in [6, 6.07) is 7.30. The molecule has 5 heteroatoms. The van der Waals surface area contributed by atoms with Crippen LogP contribution in [0.1, 0.15) is 5.56 Å². The SMILES string of the molecule is Clc1cccc(COc2cncc(Br)c2)c1Cl. The highest BCUT2D eigenvalue weighted by Crippen LogP contribution is 2.26. The predicted octanol–water partition coefficient (Wildman–Crippen LogP) is 4.73. The molecule has 0 atom stereocenters. The zero-order chi connectivity index (χ0) is 12.3. The maximum Gasteiger partial charge on any atom is 0.139 e. The minimum Gasteiger partial charge on any atom is -0.487 e. The molecule has 0 spiro atoms. The molecular formula is C12H8BrCl2NO. The number of hydrogen-bond donors (Lipinski definition) is 0. The van der Waals surface area contributed by atoms with Crippen LogP contribution in [-0.2, 0) is 6.61 Å². The maximum atomic E-state index is 6.05. The van der Waals surface area contributed by atoms with Crippen molar-refractivity contribution in [3.8, 4) is 5.75 Å². The summed E-state index contributed by atoms with van der Waals surface area (Å²) in [6.07, 6.45) is 3.34. The zero-order valence-electron chi connectivity index (χ0n) is 8.66. The second kappa shape index (κ2) is 5.71. The van der Waals surface area contributed by atoms with E-state index in [0.29, 0.717) is 22.4 Å². The molecule has 0 fully saturated rings. The number of nitrogens with zero attached hydrogens (tertiary/aromatic N) is 1. The highest BCUT2D eigenvalue weighted by molar-refractivity contribution is 9.10. The first-order valence-corrected chi connectivity index (χ1v) is 6.38. The molecule has 0 saturated carbocycles. The molecule has 0 aliphatic rings. The maximum absolute atomic E-state index is 6.05. The molecular weight excluding hydrogens is 325 g/mol. The van der Waals surface area contributed by atoms with E-state index < -0.39 is 0 Å². The van der Waals surface area contributed by atoms with Crippen LogP contribution in [0.25, 0.3) is 0 Å². The van der Waals surface area contributed by atoms with Crippen LogP contribution < -0.4 is 4.74 Å². The Hall–Kier alpha value is -0.770. The third-order valence-electron chi connectivity index (χ3n) is 2.11. The lowest BCUT2D eigenvalue weighted by Gasteiger charge is -2.08. The van der Waals surface area contributed by atoms with Crippen molar-refractivity contribution in [1.82, 2.24) is 4.98 Å². The summed E-state index contributed by atoms with van der Waals surface area (Å²) in [7, 11) is 0. The minimum atomic E-state index is 0.359. The van der Waals surface area contributed by atoms with Crippen molar-refractivity contribution in [2.24, 2.45) is 0 Å². The van der Waals surface area contributed by atoms with E-state index in [1.165, 1.54) is 0 Å². The second-order valence-electron chi connectivity index (χ2n) is 3.34. The lowest BCUT2D eigenvalue weighted by Crippen LogP contribution is -1.96. The topological polar surface area (TPSA) is 22.1 Å². The number of aromatic nitrogens is 1. The summed E-state index contributed by atoms with van der Waals surface area (Å²) in [5.41, 5.74) is 0.846. The van der Waals surface area contributed by atoms with Crippen molar-refractivity contribution in [3.05, 3.63) is 56.7 Å². The highest BCUT2D eigenvalue weighted by Gasteiger charge is 2.05. The average Bonchev–Trinajstić information content (AvgIpc) is 2.31. The van der Waals surface area contributed by atoms with Gasteiger partial charge in [-0.25, -0.2) is 0 Å². The molecule has 17 heavy (non-hydrogen) atoms. The number of rotatable bonds is 3. The summed E-state index contributed by atoms with van der Waals surface area (Å²) < 4.78 is 6.44. The Kier molecular flexibility index (Phi) is 4.26. The minimum absolute atomic E-state index is 0.359. The molecule has 1 heterocycles. The molecule has 0 saturated heterocycles. The van der Waals surface area contributed by atoms with Gasteiger partial charge in [0.25, 0.3) is 0 Å². The lowest BCUT2D eigenvalue weighted by molar-refractivity contribution is 0.305. The van der Waals surface area contributed by atoms with Crippen LogP contribution in [0.2, 0.25) is 10.0 Å². The molecule has 1 aromatic heterocycles. The summed E-state index contributed by atoms with van der Waals surface area (Å²) in [5, 5.41) is 1.05. The van der Waals surface area contributed by atoms with E-state index in [1.807, 2.05) is 18.2 Å². The fourth-order valence-corrected chi connectivity index (χ4v) is 2.01. The fraction of sp³-hybridized carbons (Fsp3) is 0.0833. The van der Waals surface area contributed by atoms with Gasteiger partial charge in [0, 0.05) is 16.2 Å². The number of hydrogen-bond acceptors (Lipinski definition) is 2. The van der Waals surface area contributed by atoms with E-state index >= 15 is 0 Å². The van der Waals surface area contributed by atoms with E-state index in [9.17, 15) is 0 Å². The molecule has 2 aromatic rings. The third kappa shape index (κ3) is 3.35. The Labute approximate surface area is 118 Å². The van der Waals surface area contributed by atoms with Crippen molar-refractivity contribution in [2.45, 2.75) is 6.61 Å². The van der Waals surface area contributed by atoms with Crippen molar-refractivity contribution in [2.75, 3.05) is 0 Å². The van der Waals surface area contributed by atoms with E-state index in [4.69, 9.17) is 27.9 Å². The van der Waals surface area contributed by atoms with Crippen LogP contribution in [0.4, 0.5) is 0 Å². The van der Waals surface area contributed by atoms with Gasteiger partial charge in [-0.05, 0) is 28.1 Å². The third-order valence-corrected chi connectivity index (χ3v) is 3.40. The molecule has 0 bridgehead atoms. The first-order chi connectivity index (χ1) is 8.16. The van der Waals surface area contributed by atoms with Crippen molar-refractivity contribution in [1.29, 1.82) is 0 Å². The van der Waals surface area contributed by atoms with Crippen LogP contribution >= 0.6 is 39.1 Å². The second-order valence-corrected chi connectivity index (χ2v) is 5.04. The van der Waals surface area contributed by atoms with Crippen LogP contribution in [-0.4, -0.2) is 4.98 Å². The quantitative estimate of drug-likeness (QED) is 0.810. The van der Waals surface area contributed by atoms with Gasteiger partial charge in [0.2, 0.25) is 0 Å². The van der Waals surface area contributed by atoms with E-state index in [1.54, 1.807) is 18.5 Å². The van der Waals surface area contributed by atoms with Gasteiger partial charge in [-0.15, -0.1) is 0 Å². The first-order valence-electron chi connectivity index (χ1n) is 4.83. The molecule has 0 amide bonds. The van der Waals surface area contributed by atoms with Crippen LogP contribution in [0.15, 0.2) is 41.1 Å². The fourth-order valence-electron chi connectivity index (χ4n) is 1.29. The van der Waals surface area contributed by atoms with Gasteiger partial charge in [-0.1, -0.05) is 35.3 Å². The largest absolute Gasteiger partial charge is 0.487 e. The Balaban J connectivity index is 2.10. The summed E-state index contributed by atoms with van der Waals surface area (Å²) in [5.74, 6) is 0.676. The molecule has 0 radical (unpaired) electrons. The van der Waals surface area contributed by atoms with E-state index in [2.05, 4.69) is 20.9 Å². The first kappa shape index (κ1) is 12.7. The molecule has 2 rings (SSSR count). The lowest BCUT2D eigenvalue weighted by atomic mass is 10.2. The highest BCUT2D eigenvalue weighted by atomic mass is 79.9.